The Morgan fingerprint density at radius 2 is 1.65 bits per heavy atom. The van der Waals surface area contributed by atoms with Crippen LogP contribution in [-0.4, -0.2) is 11.9 Å². The van der Waals surface area contributed by atoms with Crippen LogP contribution in [0.1, 0.15) is 61.4 Å². The van der Waals surface area contributed by atoms with E-state index in [2.05, 4.69) is 5.32 Å². The fraction of sp³-hybridized carbons (Fsp3) is 0.320. The number of hydrogen-bond acceptors (Lipinski definition) is 5. The minimum Gasteiger partial charge on any atom is -0.460 e. The van der Waals surface area contributed by atoms with Crippen LogP contribution in [0.4, 0.5) is 5.69 Å². The number of nitrogens with one attached hydrogen (secondary N) is 1. The van der Waals surface area contributed by atoms with E-state index >= 15 is 0 Å². The number of aryl methyl sites for hydroxylation is 3. The molecule has 6 heteroatoms. The van der Waals surface area contributed by atoms with E-state index in [1.807, 2.05) is 39.0 Å². The molecule has 0 radical (unpaired) electrons. The highest BCUT2D eigenvalue weighted by atomic mass is 16.5. The Balaban J connectivity index is 2.20. The molecular formula is C25H27NO5. The maximum absolute atomic E-state index is 13.5. The predicted molar refractivity (Wildman–Crippen MR) is 121 cm³/mol. The van der Waals surface area contributed by atoms with E-state index in [1.54, 1.807) is 12.1 Å². The van der Waals surface area contributed by atoms with Crippen molar-refractivity contribution in [1.82, 2.24) is 0 Å². The van der Waals surface area contributed by atoms with E-state index in [-0.39, 0.29) is 22.3 Å². The molecule has 0 atom stereocenters. The Morgan fingerprint density at radius 3 is 2.23 bits per heavy atom. The van der Waals surface area contributed by atoms with Crippen LogP contribution < -0.4 is 15.5 Å². The number of carbonyl (C=O) groups excluding carboxylic acids is 2. The third kappa shape index (κ3) is 4.53. The summed E-state index contributed by atoms with van der Waals surface area (Å²) in [6, 6.07) is 10.7. The molecule has 1 aromatic heterocycles. The molecule has 2 aromatic carbocycles. The molecule has 0 fully saturated rings. The molecule has 3 aromatic rings. The molecule has 0 aliphatic carbocycles. The number of benzene rings is 2. The smallest absolute Gasteiger partial charge is 0.308 e. The first kappa shape index (κ1) is 22.3. The summed E-state index contributed by atoms with van der Waals surface area (Å²) in [5.41, 5.74) is 2.44. The van der Waals surface area contributed by atoms with Gasteiger partial charge in [0.25, 0.3) is 5.91 Å². The molecule has 0 bridgehead atoms. The first-order valence-electron chi connectivity index (χ1n) is 10.6. The van der Waals surface area contributed by atoms with Crippen molar-refractivity contribution in [1.29, 1.82) is 0 Å². The molecule has 0 unspecified atom stereocenters. The summed E-state index contributed by atoms with van der Waals surface area (Å²) in [6.45, 7) is 7.24. The molecule has 3 rings (SSSR count). The van der Waals surface area contributed by atoms with Crippen LogP contribution in [0.25, 0.3) is 11.0 Å². The van der Waals surface area contributed by atoms with Gasteiger partial charge in [0.05, 0.1) is 0 Å². The fourth-order valence-electron chi connectivity index (χ4n) is 3.71. The zero-order valence-corrected chi connectivity index (χ0v) is 18.3. The molecule has 0 spiro atoms. The zero-order valence-electron chi connectivity index (χ0n) is 18.3. The van der Waals surface area contributed by atoms with E-state index in [0.717, 1.165) is 29.7 Å². The lowest BCUT2D eigenvalue weighted by molar-refractivity contribution is -0.131. The van der Waals surface area contributed by atoms with Crippen LogP contribution >= 0.6 is 0 Å². The van der Waals surface area contributed by atoms with Gasteiger partial charge >= 0.3 is 5.97 Å². The molecule has 1 heterocycles. The molecule has 0 aliphatic rings. The molecular weight excluding hydrogens is 394 g/mol. The maximum Gasteiger partial charge on any atom is 0.308 e. The van der Waals surface area contributed by atoms with E-state index in [4.69, 9.17) is 9.15 Å². The van der Waals surface area contributed by atoms with Gasteiger partial charge in [-0.1, -0.05) is 45.0 Å². The average molecular weight is 421 g/mol. The molecule has 1 amide bonds. The summed E-state index contributed by atoms with van der Waals surface area (Å²) in [6.07, 6.45) is 2.62. The molecule has 31 heavy (non-hydrogen) atoms. The van der Waals surface area contributed by atoms with Crippen LogP contribution in [0.15, 0.2) is 45.6 Å². The first-order valence-corrected chi connectivity index (χ1v) is 10.6. The minimum atomic E-state index is -0.556. The predicted octanol–water partition coefficient (Wildman–Crippen LogP) is 5.05. The second-order valence-electron chi connectivity index (χ2n) is 7.31. The minimum absolute atomic E-state index is 0.0538. The zero-order chi connectivity index (χ0) is 22.5. The fourth-order valence-corrected chi connectivity index (χ4v) is 3.71. The maximum atomic E-state index is 13.5. The van der Waals surface area contributed by atoms with Crippen LogP contribution in [0.5, 0.6) is 5.75 Å². The lowest BCUT2D eigenvalue weighted by Crippen LogP contribution is -2.25. The lowest BCUT2D eigenvalue weighted by atomic mass is 10.0. The van der Waals surface area contributed by atoms with Gasteiger partial charge in [-0.2, -0.15) is 0 Å². The van der Waals surface area contributed by atoms with Gasteiger partial charge in [0.15, 0.2) is 0 Å². The normalized spacial score (nSPS) is 10.8. The topological polar surface area (TPSA) is 85.6 Å². The Hall–Kier alpha value is -3.41. The second kappa shape index (κ2) is 9.60. The number of fused-ring (bicyclic) bond motifs is 1. The largest absolute Gasteiger partial charge is 0.460 e. The summed E-state index contributed by atoms with van der Waals surface area (Å²) in [7, 11) is 0. The Kier molecular flexibility index (Phi) is 6.90. The van der Waals surface area contributed by atoms with Gasteiger partial charge in [0, 0.05) is 19.0 Å². The lowest BCUT2D eigenvalue weighted by Gasteiger charge is -2.16. The van der Waals surface area contributed by atoms with Gasteiger partial charge in [0.2, 0.25) is 5.43 Å². The van der Waals surface area contributed by atoms with E-state index < -0.39 is 17.3 Å². The summed E-state index contributed by atoms with van der Waals surface area (Å²) >= 11 is 0. The number of esters is 1. The van der Waals surface area contributed by atoms with E-state index in [0.29, 0.717) is 18.6 Å². The van der Waals surface area contributed by atoms with Crippen molar-refractivity contribution in [2.24, 2.45) is 0 Å². The number of para-hydroxylation sites is 1. The van der Waals surface area contributed by atoms with Crippen molar-refractivity contribution in [3.8, 4) is 5.75 Å². The number of hydrogen-bond donors (Lipinski definition) is 1. The standard InChI is InChI=1S/C25H27NO5/c1-5-10-18-22(25(29)26-23-16(6-2)11-8-12-17(23)7-3)24(28)21-19(30-15(4)27)13-9-14-20(21)31-18/h8-9,11-14H,5-7,10H2,1-4H3,(H,26,29). The highest BCUT2D eigenvalue weighted by molar-refractivity contribution is 6.07. The molecule has 162 valence electrons. The third-order valence-electron chi connectivity index (χ3n) is 5.15. The summed E-state index contributed by atoms with van der Waals surface area (Å²) in [5.74, 6) is -0.670. The van der Waals surface area contributed by atoms with Gasteiger partial charge in [-0.3, -0.25) is 14.4 Å². The van der Waals surface area contributed by atoms with Crippen LogP contribution in [0.3, 0.4) is 0 Å². The number of carbonyl (C=O) groups is 2. The van der Waals surface area contributed by atoms with Crippen molar-refractivity contribution in [3.05, 3.63) is 69.1 Å². The van der Waals surface area contributed by atoms with E-state index in [1.165, 1.54) is 13.0 Å². The number of rotatable bonds is 7. The van der Waals surface area contributed by atoms with Crippen molar-refractivity contribution in [2.75, 3.05) is 5.32 Å². The van der Waals surface area contributed by atoms with Crippen LogP contribution in [-0.2, 0) is 24.1 Å². The van der Waals surface area contributed by atoms with Crippen molar-refractivity contribution in [3.63, 3.8) is 0 Å². The number of anilines is 1. The van der Waals surface area contributed by atoms with Crippen molar-refractivity contribution < 1.29 is 18.7 Å². The molecule has 1 N–H and O–H groups in total. The van der Waals surface area contributed by atoms with Gasteiger partial charge in [-0.15, -0.1) is 0 Å². The Bertz CT molecular complexity index is 1170. The molecule has 0 saturated heterocycles. The average Bonchev–Trinajstić information content (AvgIpc) is 2.73. The molecule has 0 saturated carbocycles. The van der Waals surface area contributed by atoms with Crippen molar-refractivity contribution in [2.45, 2.75) is 53.4 Å². The van der Waals surface area contributed by atoms with Gasteiger partial charge in [-0.25, -0.2) is 0 Å². The van der Waals surface area contributed by atoms with Crippen LogP contribution in [0.2, 0.25) is 0 Å². The monoisotopic (exact) mass is 421 g/mol. The summed E-state index contributed by atoms with van der Waals surface area (Å²) < 4.78 is 11.2. The van der Waals surface area contributed by atoms with Gasteiger partial charge < -0.3 is 14.5 Å². The first-order chi connectivity index (χ1) is 14.9. The summed E-state index contributed by atoms with van der Waals surface area (Å²) in [4.78, 5) is 38.3. The number of amides is 1. The van der Waals surface area contributed by atoms with Gasteiger partial charge in [0.1, 0.15) is 28.0 Å². The molecule has 0 aliphatic heterocycles. The van der Waals surface area contributed by atoms with E-state index in [9.17, 15) is 14.4 Å². The van der Waals surface area contributed by atoms with Gasteiger partial charge in [-0.05, 0) is 42.5 Å². The number of ether oxygens (including phenoxy) is 1. The Labute approximate surface area is 181 Å². The highest BCUT2D eigenvalue weighted by Crippen LogP contribution is 2.27. The van der Waals surface area contributed by atoms with Crippen LogP contribution in [0, 0.1) is 0 Å². The summed E-state index contributed by atoms with van der Waals surface area (Å²) in [5, 5.41) is 3.04. The quantitative estimate of drug-likeness (QED) is 0.426. The second-order valence-corrected chi connectivity index (χ2v) is 7.31. The van der Waals surface area contributed by atoms with Crippen molar-refractivity contribution >= 4 is 28.5 Å². The Morgan fingerprint density at radius 1 is 1.00 bits per heavy atom. The molecule has 6 nitrogen and oxygen atoms in total. The third-order valence-corrected chi connectivity index (χ3v) is 5.15. The SMILES string of the molecule is CCCc1oc2cccc(OC(C)=O)c2c(=O)c1C(=O)Nc1c(CC)cccc1CC. The highest BCUT2D eigenvalue weighted by Gasteiger charge is 2.24.